The van der Waals surface area contributed by atoms with Gasteiger partial charge in [-0.15, -0.1) is 11.8 Å². The number of urea groups is 1. The summed E-state index contributed by atoms with van der Waals surface area (Å²) < 4.78 is 37.0. The number of halogens is 3. The van der Waals surface area contributed by atoms with Crippen LogP contribution in [0.1, 0.15) is 19.4 Å². The van der Waals surface area contributed by atoms with Gasteiger partial charge in [0.15, 0.2) is 0 Å². The Morgan fingerprint density at radius 1 is 1.32 bits per heavy atom. The van der Waals surface area contributed by atoms with Crippen LogP contribution in [-0.2, 0) is 0 Å². The lowest BCUT2D eigenvalue weighted by Gasteiger charge is -2.24. The van der Waals surface area contributed by atoms with Crippen molar-refractivity contribution in [3.05, 3.63) is 23.8 Å². The first kappa shape index (κ1) is 18.6. The van der Waals surface area contributed by atoms with Gasteiger partial charge in [-0.05, 0) is 38.5 Å². The van der Waals surface area contributed by atoms with Crippen LogP contribution in [0.3, 0.4) is 0 Å². The minimum atomic E-state index is -4.28. The number of carbonyl (C=O) groups excluding carboxylic acids is 1. The number of rotatable bonds is 5. The Hall–Kier alpha value is -1.41. The molecule has 4 nitrogen and oxygen atoms in total. The van der Waals surface area contributed by atoms with E-state index >= 15 is 0 Å². The highest BCUT2D eigenvalue weighted by atomic mass is 32.2. The lowest BCUT2D eigenvalue weighted by atomic mass is 10.1. The largest absolute Gasteiger partial charge is 0.398 e. The molecule has 0 spiro atoms. The maximum Gasteiger partial charge on any atom is 0.398 e. The Balaban J connectivity index is 2.84. The maximum atomic E-state index is 12.3. The van der Waals surface area contributed by atoms with Crippen LogP contribution in [0.5, 0.6) is 0 Å². The van der Waals surface area contributed by atoms with Gasteiger partial charge in [0.05, 0.1) is 23.6 Å². The normalized spacial score (nSPS) is 12.1. The molecule has 0 unspecified atom stereocenters. The molecule has 8 heteroatoms. The number of nitrogens with one attached hydrogen (secondary N) is 2. The molecule has 0 saturated carbocycles. The van der Waals surface area contributed by atoms with Crippen LogP contribution in [-0.4, -0.2) is 35.2 Å². The molecule has 2 amide bonds. The fourth-order valence-corrected chi connectivity index (χ4v) is 2.28. The van der Waals surface area contributed by atoms with Gasteiger partial charge in [0, 0.05) is 4.90 Å². The predicted molar refractivity (Wildman–Crippen MR) is 81.3 cm³/mol. The zero-order valence-corrected chi connectivity index (χ0v) is 13.4. The number of amides is 2. The van der Waals surface area contributed by atoms with Crippen molar-refractivity contribution in [2.75, 3.05) is 17.7 Å². The van der Waals surface area contributed by atoms with Crippen LogP contribution >= 0.6 is 11.8 Å². The van der Waals surface area contributed by atoms with Gasteiger partial charge in [-0.3, -0.25) is 0 Å². The molecule has 0 saturated heterocycles. The number of benzene rings is 1. The van der Waals surface area contributed by atoms with Gasteiger partial charge in [-0.2, -0.15) is 13.2 Å². The quantitative estimate of drug-likeness (QED) is 0.721. The van der Waals surface area contributed by atoms with E-state index < -0.39 is 23.5 Å². The summed E-state index contributed by atoms with van der Waals surface area (Å²) in [5.74, 6) is -1.03. The Morgan fingerprint density at radius 2 is 1.95 bits per heavy atom. The molecular weight excluding hydrogens is 317 g/mol. The molecule has 0 radical (unpaired) electrons. The topological polar surface area (TPSA) is 61.4 Å². The van der Waals surface area contributed by atoms with Gasteiger partial charge >= 0.3 is 12.2 Å². The zero-order valence-electron chi connectivity index (χ0n) is 12.5. The summed E-state index contributed by atoms with van der Waals surface area (Å²) in [6.45, 7) is 4.77. The molecule has 3 N–H and O–H groups in total. The summed E-state index contributed by atoms with van der Waals surface area (Å²) >= 11 is 0.612. The summed E-state index contributed by atoms with van der Waals surface area (Å²) in [5.41, 5.74) is 0.293. The number of thioether (sulfide) groups is 1. The number of hydrogen-bond donors (Lipinski definition) is 3. The third kappa shape index (κ3) is 6.57. The van der Waals surface area contributed by atoms with Crippen molar-refractivity contribution in [1.82, 2.24) is 5.32 Å². The summed E-state index contributed by atoms with van der Waals surface area (Å²) in [6, 6.07) is 4.24. The molecule has 0 fully saturated rings. The van der Waals surface area contributed by atoms with Gasteiger partial charge in [-0.25, -0.2) is 4.79 Å². The monoisotopic (exact) mass is 336 g/mol. The lowest BCUT2D eigenvalue weighted by molar-refractivity contribution is -0.105. The molecule has 0 aliphatic rings. The molecule has 1 aromatic rings. The first-order valence-electron chi connectivity index (χ1n) is 6.53. The van der Waals surface area contributed by atoms with Crippen molar-refractivity contribution >= 4 is 23.5 Å². The average Bonchev–Trinajstić information content (AvgIpc) is 2.36. The summed E-state index contributed by atoms with van der Waals surface area (Å²) in [5, 5.41) is 14.2. The maximum absolute atomic E-state index is 12.3. The molecule has 0 aliphatic heterocycles. The van der Waals surface area contributed by atoms with E-state index in [4.69, 9.17) is 5.11 Å². The Morgan fingerprint density at radius 3 is 2.50 bits per heavy atom. The highest BCUT2D eigenvalue weighted by Crippen LogP contribution is 2.32. The fourth-order valence-electron chi connectivity index (χ4n) is 1.53. The first-order valence-corrected chi connectivity index (χ1v) is 7.51. The summed E-state index contributed by atoms with van der Waals surface area (Å²) in [6.07, 6.45) is -4.28. The number of alkyl halides is 3. The third-order valence-electron chi connectivity index (χ3n) is 2.62. The van der Waals surface area contributed by atoms with Crippen molar-refractivity contribution in [3.8, 4) is 0 Å². The molecule has 0 aliphatic carbocycles. The fraction of sp³-hybridized carbons (Fsp3) is 0.500. The van der Waals surface area contributed by atoms with E-state index in [0.717, 1.165) is 5.56 Å². The van der Waals surface area contributed by atoms with Gasteiger partial charge in [0.25, 0.3) is 0 Å². The predicted octanol–water partition coefficient (Wildman–Crippen LogP) is 3.54. The molecule has 0 aromatic heterocycles. The molecule has 0 bridgehead atoms. The van der Waals surface area contributed by atoms with E-state index in [2.05, 4.69) is 10.6 Å². The van der Waals surface area contributed by atoms with Crippen LogP contribution in [0.25, 0.3) is 0 Å². The molecule has 124 valence electrons. The highest BCUT2D eigenvalue weighted by Gasteiger charge is 2.28. The van der Waals surface area contributed by atoms with E-state index in [0.29, 0.717) is 22.3 Å². The van der Waals surface area contributed by atoms with Gasteiger partial charge in [-0.1, -0.05) is 6.07 Å². The average molecular weight is 336 g/mol. The van der Waals surface area contributed by atoms with E-state index in [-0.39, 0.29) is 6.61 Å². The smallest absolute Gasteiger partial charge is 0.394 e. The Kier molecular flexibility index (Phi) is 6.13. The lowest BCUT2D eigenvalue weighted by Crippen LogP contribution is -2.48. The number of anilines is 1. The van der Waals surface area contributed by atoms with Crippen molar-refractivity contribution in [3.63, 3.8) is 0 Å². The van der Waals surface area contributed by atoms with E-state index in [1.54, 1.807) is 39.0 Å². The highest BCUT2D eigenvalue weighted by molar-refractivity contribution is 7.99. The second-order valence-electron chi connectivity index (χ2n) is 5.52. The zero-order chi connectivity index (χ0) is 17.0. The van der Waals surface area contributed by atoms with Crippen LogP contribution in [0, 0.1) is 6.92 Å². The summed E-state index contributed by atoms with van der Waals surface area (Å²) in [7, 11) is 0. The Bertz CT molecular complexity index is 533. The molecule has 1 rings (SSSR count). The standard InChI is InChI=1S/C14H19F3N2O2S/c1-9-4-5-11(22-8-14(15,16)17)10(6-9)18-12(21)19-13(2,3)7-20/h4-6,20H,7-8H2,1-3H3,(H2,18,19,21). The number of carbonyl (C=O) groups is 1. The first-order chi connectivity index (χ1) is 10.0. The van der Waals surface area contributed by atoms with E-state index in [1.165, 1.54) is 0 Å². The number of aliphatic hydroxyl groups excluding tert-OH is 1. The third-order valence-corrected chi connectivity index (χ3v) is 3.76. The molecule has 22 heavy (non-hydrogen) atoms. The minimum Gasteiger partial charge on any atom is -0.394 e. The summed E-state index contributed by atoms with van der Waals surface area (Å²) in [4.78, 5) is 12.2. The van der Waals surface area contributed by atoms with Gasteiger partial charge in [0.2, 0.25) is 0 Å². The molecule has 1 aromatic carbocycles. The molecule has 0 heterocycles. The van der Waals surface area contributed by atoms with Crippen LogP contribution in [0.15, 0.2) is 23.1 Å². The van der Waals surface area contributed by atoms with Crippen LogP contribution in [0.2, 0.25) is 0 Å². The second kappa shape index (κ2) is 7.23. The van der Waals surface area contributed by atoms with Crippen LogP contribution in [0.4, 0.5) is 23.7 Å². The van der Waals surface area contributed by atoms with E-state index in [1.807, 2.05) is 0 Å². The van der Waals surface area contributed by atoms with Gasteiger partial charge < -0.3 is 15.7 Å². The van der Waals surface area contributed by atoms with Crippen molar-refractivity contribution in [2.45, 2.75) is 37.4 Å². The SMILES string of the molecule is Cc1ccc(SCC(F)(F)F)c(NC(=O)NC(C)(C)CO)c1. The van der Waals surface area contributed by atoms with Crippen LogP contribution < -0.4 is 10.6 Å². The van der Waals surface area contributed by atoms with Gasteiger partial charge in [0.1, 0.15) is 0 Å². The van der Waals surface area contributed by atoms with E-state index in [9.17, 15) is 18.0 Å². The number of hydrogen-bond acceptors (Lipinski definition) is 3. The molecule has 0 atom stereocenters. The Labute approximate surface area is 131 Å². The number of aryl methyl sites for hydroxylation is 1. The van der Waals surface area contributed by atoms with Crippen molar-refractivity contribution in [1.29, 1.82) is 0 Å². The number of aliphatic hydroxyl groups is 1. The second-order valence-corrected chi connectivity index (χ2v) is 6.54. The van der Waals surface area contributed by atoms with Crippen molar-refractivity contribution in [2.24, 2.45) is 0 Å². The minimum absolute atomic E-state index is 0.260. The molecular formula is C14H19F3N2O2S. The van der Waals surface area contributed by atoms with Crippen molar-refractivity contribution < 1.29 is 23.1 Å².